The van der Waals surface area contributed by atoms with Crippen molar-refractivity contribution in [2.45, 2.75) is 25.6 Å². The summed E-state index contributed by atoms with van der Waals surface area (Å²) in [5, 5.41) is 10.1. The molecular weight excluding hydrogens is 377 g/mol. The van der Waals surface area contributed by atoms with E-state index in [1.807, 2.05) is 0 Å². The van der Waals surface area contributed by atoms with Crippen molar-refractivity contribution < 1.29 is 31.9 Å². The van der Waals surface area contributed by atoms with Gasteiger partial charge < -0.3 is 15.6 Å². The summed E-state index contributed by atoms with van der Waals surface area (Å²) in [6, 6.07) is 2.81. The van der Waals surface area contributed by atoms with Gasteiger partial charge in [0.05, 0.1) is 19.0 Å². The highest BCUT2D eigenvalue weighted by molar-refractivity contribution is 5.88. The molecule has 2 aromatic heterocycles. The van der Waals surface area contributed by atoms with Crippen molar-refractivity contribution in [3.63, 3.8) is 0 Å². The summed E-state index contributed by atoms with van der Waals surface area (Å²) in [7, 11) is 1.12. The van der Waals surface area contributed by atoms with E-state index in [2.05, 4.69) is 14.7 Å². The van der Waals surface area contributed by atoms with Gasteiger partial charge in [0.25, 0.3) is 0 Å². The SMILES string of the molecule is [2H]C([2H])([2H])c1ccc(C(C)(O)C(F)(F)F)cc1-c1cnc2c(N)nc(C(=O)OC)cn12. The number of ether oxygens (including phenoxy) is 1. The van der Waals surface area contributed by atoms with Crippen LogP contribution in [0.3, 0.4) is 0 Å². The molecule has 1 unspecified atom stereocenters. The van der Waals surface area contributed by atoms with E-state index in [0.29, 0.717) is 6.92 Å². The van der Waals surface area contributed by atoms with Gasteiger partial charge in [0.15, 0.2) is 22.8 Å². The standard InChI is InChI=1S/C18H17F3N4O3/c1-9-4-5-10(17(2,27)18(19,20)21)6-11(9)13-7-23-15-14(22)24-12(8-25(13)15)16(26)28-3/h4-8,27H,1-3H3,(H2,22,24)/i1D3. The molecule has 0 amide bonds. The van der Waals surface area contributed by atoms with Crippen LogP contribution in [0.2, 0.25) is 0 Å². The zero-order valence-corrected chi connectivity index (χ0v) is 14.7. The van der Waals surface area contributed by atoms with Crippen molar-refractivity contribution in [2.24, 2.45) is 0 Å². The van der Waals surface area contributed by atoms with E-state index in [0.717, 1.165) is 25.3 Å². The summed E-state index contributed by atoms with van der Waals surface area (Å²) < 4.78 is 69.2. The molecule has 0 bridgehead atoms. The molecule has 3 rings (SSSR count). The smallest absolute Gasteiger partial charge is 0.421 e. The summed E-state index contributed by atoms with van der Waals surface area (Å²) in [4.78, 5) is 19.8. The van der Waals surface area contributed by atoms with E-state index < -0.39 is 30.2 Å². The molecule has 148 valence electrons. The summed E-state index contributed by atoms with van der Waals surface area (Å²) in [5.41, 5.74) is 1.41. The number of alkyl halides is 3. The van der Waals surface area contributed by atoms with Crippen LogP contribution < -0.4 is 5.73 Å². The minimum atomic E-state index is -5.02. The summed E-state index contributed by atoms with van der Waals surface area (Å²) in [6.07, 6.45) is -2.65. The Morgan fingerprint density at radius 3 is 2.71 bits per heavy atom. The zero-order chi connectivity index (χ0) is 23.4. The molecule has 0 aliphatic carbocycles. The fourth-order valence-electron chi connectivity index (χ4n) is 2.64. The van der Waals surface area contributed by atoms with Gasteiger partial charge in [-0.15, -0.1) is 0 Å². The highest BCUT2D eigenvalue weighted by Crippen LogP contribution is 2.40. The van der Waals surface area contributed by atoms with Gasteiger partial charge in [0.1, 0.15) is 0 Å². The van der Waals surface area contributed by atoms with Crippen LogP contribution in [0.4, 0.5) is 19.0 Å². The average molecular weight is 397 g/mol. The van der Waals surface area contributed by atoms with Gasteiger partial charge in [-0.25, -0.2) is 14.8 Å². The van der Waals surface area contributed by atoms with Crippen LogP contribution in [0, 0.1) is 6.85 Å². The number of nitrogens with two attached hydrogens (primary N) is 1. The highest BCUT2D eigenvalue weighted by atomic mass is 19.4. The number of nitrogens with zero attached hydrogens (tertiary/aromatic N) is 3. The molecule has 0 saturated carbocycles. The lowest BCUT2D eigenvalue weighted by atomic mass is 9.91. The maximum absolute atomic E-state index is 13.4. The second kappa shape index (κ2) is 6.48. The maximum Gasteiger partial charge on any atom is 0.421 e. The van der Waals surface area contributed by atoms with Crippen LogP contribution in [0.25, 0.3) is 16.9 Å². The van der Waals surface area contributed by atoms with E-state index in [9.17, 15) is 23.1 Å². The van der Waals surface area contributed by atoms with Crippen molar-refractivity contribution in [1.82, 2.24) is 14.4 Å². The van der Waals surface area contributed by atoms with Crippen LogP contribution >= 0.6 is 0 Å². The number of imidazole rings is 1. The second-order valence-electron chi connectivity index (χ2n) is 6.17. The predicted molar refractivity (Wildman–Crippen MR) is 94.5 cm³/mol. The summed E-state index contributed by atoms with van der Waals surface area (Å²) >= 11 is 0. The number of esters is 1. The number of anilines is 1. The van der Waals surface area contributed by atoms with Crippen LogP contribution in [0.1, 0.15) is 32.7 Å². The molecule has 10 heteroatoms. The minimum Gasteiger partial charge on any atom is -0.464 e. The largest absolute Gasteiger partial charge is 0.464 e. The number of hydrogen-bond acceptors (Lipinski definition) is 6. The number of aromatic nitrogens is 3. The molecule has 0 spiro atoms. The molecule has 0 saturated heterocycles. The summed E-state index contributed by atoms with van der Waals surface area (Å²) in [5.74, 6) is -1.01. The number of hydrogen-bond donors (Lipinski definition) is 2. The Kier molecular flexibility index (Phi) is 3.67. The molecule has 0 fully saturated rings. The second-order valence-corrected chi connectivity index (χ2v) is 6.17. The number of nitrogen functional groups attached to an aromatic ring is 1. The van der Waals surface area contributed by atoms with Crippen molar-refractivity contribution >= 4 is 17.4 Å². The van der Waals surface area contributed by atoms with Gasteiger partial charge in [-0.3, -0.25) is 4.40 Å². The molecule has 0 aliphatic heterocycles. The van der Waals surface area contributed by atoms with Gasteiger partial charge in [-0.05, 0) is 31.0 Å². The fraction of sp³-hybridized carbons (Fsp3) is 0.278. The van der Waals surface area contributed by atoms with Crippen LogP contribution in [-0.2, 0) is 10.3 Å². The molecule has 7 nitrogen and oxygen atoms in total. The number of aryl methyl sites for hydroxylation is 1. The third kappa shape index (κ3) is 3.05. The van der Waals surface area contributed by atoms with E-state index in [-0.39, 0.29) is 34.0 Å². The number of halogens is 3. The number of aliphatic hydroxyl groups is 1. The quantitative estimate of drug-likeness (QED) is 0.659. The Bertz CT molecular complexity index is 1170. The third-order valence-corrected chi connectivity index (χ3v) is 4.32. The van der Waals surface area contributed by atoms with Crippen molar-refractivity contribution in [3.8, 4) is 11.3 Å². The average Bonchev–Trinajstić information content (AvgIpc) is 3.09. The van der Waals surface area contributed by atoms with Crippen LogP contribution in [0.15, 0.2) is 30.6 Å². The molecule has 1 atom stereocenters. The molecule has 28 heavy (non-hydrogen) atoms. The minimum absolute atomic E-state index is 0.0280. The number of fused-ring (bicyclic) bond motifs is 1. The Hall–Kier alpha value is -3.14. The normalized spacial score (nSPS) is 16.1. The lowest BCUT2D eigenvalue weighted by Crippen LogP contribution is -2.39. The van der Waals surface area contributed by atoms with Crippen LogP contribution in [0.5, 0.6) is 0 Å². The molecule has 2 heterocycles. The lowest BCUT2D eigenvalue weighted by Gasteiger charge is -2.27. The topological polar surface area (TPSA) is 103 Å². The first-order chi connectivity index (χ1) is 14.2. The predicted octanol–water partition coefficient (Wildman–Crippen LogP) is 2.84. The zero-order valence-electron chi connectivity index (χ0n) is 17.7. The molecular formula is C18H17F3N4O3. The van der Waals surface area contributed by atoms with E-state index in [1.165, 1.54) is 16.8 Å². The monoisotopic (exact) mass is 397 g/mol. The number of benzene rings is 1. The Morgan fingerprint density at radius 1 is 1.39 bits per heavy atom. The first kappa shape index (κ1) is 15.9. The van der Waals surface area contributed by atoms with Gasteiger partial charge in [0, 0.05) is 15.9 Å². The first-order valence-corrected chi connectivity index (χ1v) is 7.85. The Labute approximate surface area is 161 Å². The molecule has 3 N–H and O–H groups in total. The number of rotatable bonds is 3. The van der Waals surface area contributed by atoms with Gasteiger partial charge in [-0.2, -0.15) is 13.2 Å². The lowest BCUT2D eigenvalue weighted by molar-refractivity contribution is -0.258. The number of carbonyl (C=O) groups excluding carboxylic acids is 1. The van der Waals surface area contributed by atoms with Crippen molar-refractivity contribution in [3.05, 3.63) is 47.4 Å². The van der Waals surface area contributed by atoms with Gasteiger partial charge >= 0.3 is 12.1 Å². The van der Waals surface area contributed by atoms with E-state index >= 15 is 0 Å². The maximum atomic E-state index is 13.4. The molecule has 0 radical (unpaired) electrons. The fourth-order valence-corrected chi connectivity index (χ4v) is 2.64. The number of carbonyl (C=O) groups is 1. The van der Waals surface area contributed by atoms with Gasteiger partial charge in [-0.1, -0.05) is 12.1 Å². The van der Waals surface area contributed by atoms with E-state index in [4.69, 9.17) is 9.85 Å². The Morgan fingerprint density at radius 2 is 2.11 bits per heavy atom. The van der Waals surface area contributed by atoms with E-state index in [1.54, 1.807) is 0 Å². The molecule has 0 aliphatic rings. The molecule has 1 aromatic carbocycles. The first-order valence-electron chi connectivity index (χ1n) is 9.35. The van der Waals surface area contributed by atoms with Crippen molar-refractivity contribution in [1.29, 1.82) is 0 Å². The number of methoxy groups -OCH3 is 1. The Balaban J connectivity index is 2.35. The highest BCUT2D eigenvalue weighted by Gasteiger charge is 2.51. The van der Waals surface area contributed by atoms with Gasteiger partial charge in [0.2, 0.25) is 0 Å². The van der Waals surface area contributed by atoms with Crippen molar-refractivity contribution in [2.75, 3.05) is 12.8 Å². The summed E-state index contributed by atoms with van der Waals surface area (Å²) in [6.45, 7) is -2.14. The van der Waals surface area contributed by atoms with Crippen LogP contribution in [-0.4, -0.2) is 38.7 Å². The molecule has 3 aromatic rings. The third-order valence-electron chi connectivity index (χ3n) is 4.32.